The molecule has 0 aliphatic heterocycles. The van der Waals surface area contributed by atoms with E-state index in [1.165, 1.54) is 6.26 Å². The molecule has 2 aromatic heterocycles. The first-order chi connectivity index (χ1) is 8.25. The summed E-state index contributed by atoms with van der Waals surface area (Å²) < 4.78 is 4.87. The fourth-order valence-corrected chi connectivity index (χ4v) is 1.78. The monoisotopic (exact) mass is 228 g/mol. The molecule has 0 atom stereocenters. The normalized spacial score (nSPS) is 10.8. The number of aromatic carboxylic acids is 1. The van der Waals surface area contributed by atoms with Crippen molar-refractivity contribution in [3.63, 3.8) is 0 Å². The number of fused-ring (bicyclic) bond motifs is 1. The molecule has 5 nitrogen and oxygen atoms in total. The maximum atomic E-state index is 10.7. The highest BCUT2D eigenvalue weighted by atomic mass is 16.4. The van der Waals surface area contributed by atoms with Crippen molar-refractivity contribution in [2.45, 2.75) is 0 Å². The number of para-hydroxylation sites is 1. The van der Waals surface area contributed by atoms with Crippen molar-refractivity contribution in [2.24, 2.45) is 0 Å². The summed E-state index contributed by atoms with van der Waals surface area (Å²) in [6.45, 7) is 0. The van der Waals surface area contributed by atoms with Gasteiger partial charge in [0.05, 0.1) is 0 Å². The van der Waals surface area contributed by atoms with E-state index in [1.54, 1.807) is 6.20 Å². The van der Waals surface area contributed by atoms with E-state index in [1.807, 2.05) is 24.3 Å². The lowest BCUT2D eigenvalue weighted by molar-refractivity contribution is 0.0653. The average Bonchev–Trinajstić information content (AvgIpc) is 2.95. The molecule has 5 heteroatoms. The van der Waals surface area contributed by atoms with Gasteiger partial charge in [-0.1, -0.05) is 18.2 Å². The van der Waals surface area contributed by atoms with Crippen LogP contribution in [-0.4, -0.2) is 21.0 Å². The zero-order valence-corrected chi connectivity index (χ0v) is 8.68. The van der Waals surface area contributed by atoms with Crippen LogP contribution in [0, 0.1) is 0 Å². The lowest BCUT2D eigenvalue weighted by atomic mass is 10.1. The molecule has 17 heavy (non-hydrogen) atoms. The number of benzene rings is 1. The van der Waals surface area contributed by atoms with Crippen LogP contribution in [0.1, 0.15) is 10.7 Å². The van der Waals surface area contributed by atoms with Crippen LogP contribution in [0.3, 0.4) is 0 Å². The van der Waals surface area contributed by atoms with E-state index >= 15 is 0 Å². The Kier molecular flexibility index (Phi) is 1.98. The third kappa shape index (κ3) is 1.48. The molecular formula is C12H8N2O3. The van der Waals surface area contributed by atoms with Crippen molar-refractivity contribution in [1.82, 2.24) is 9.97 Å². The number of hydrogen-bond acceptors (Lipinski definition) is 3. The molecule has 2 heterocycles. The molecule has 84 valence electrons. The van der Waals surface area contributed by atoms with Crippen molar-refractivity contribution in [3.05, 3.63) is 42.6 Å². The lowest BCUT2D eigenvalue weighted by Gasteiger charge is -1.91. The number of aromatic nitrogens is 2. The van der Waals surface area contributed by atoms with Crippen LogP contribution in [0.15, 0.2) is 41.1 Å². The van der Waals surface area contributed by atoms with Crippen molar-refractivity contribution >= 4 is 16.9 Å². The molecule has 0 radical (unpaired) electrons. The first kappa shape index (κ1) is 9.65. The van der Waals surface area contributed by atoms with Crippen LogP contribution in [0.5, 0.6) is 0 Å². The van der Waals surface area contributed by atoms with E-state index in [4.69, 9.17) is 9.52 Å². The molecule has 1 aromatic carbocycles. The van der Waals surface area contributed by atoms with Gasteiger partial charge in [0.15, 0.2) is 0 Å². The van der Waals surface area contributed by atoms with Crippen LogP contribution in [0.25, 0.3) is 22.2 Å². The Labute approximate surface area is 95.7 Å². The summed E-state index contributed by atoms with van der Waals surface area (Å²) in [4.78, 5) is 17.7. The van der Waals surface area contributed by atoms with Gasteiger partial charge in [-0.3, -0.25) is 0 Å². The Morgan fingerprint density at radius 2 is 2.18 bits per heavy atom. The van der Waals surface area contributed by atoms with Crippen molar-refractivity contribution < 1.29 is 14.3 Å². The smallest absolute Gasteiger partial charge is 0.392 e. The summed E-state index contributed by atoms with van der Waals surface area (Å²) in [5.41, 5.74) is 2.32. The van der Waals surface area contributed by atoms with Gasteiger partial charge in [-0.15, -0.1) is 0 Å². The van der Waals surface area contributed by atoms with E-state index in [0.29, 0.717) is 5.69 Å². The van der Waals surface area contributed by atoms with Crippen LogP contribution in [0.2, 0.25) is 0 Å². The molecule has 0 saturated carbocycles. The molecule has 0 unspecified atom stereocenters. The van der Waals surface area contributed by atoms with Gasteiger partial charge in [0.2, 0.25) is 0 Å². The summed E-state index contributed by atoms with van der Waals surface area (Å²) in [5.74, 6) is -1.47. The Morgan fingerprint density at radius 1 is 1.35 bits per heavy atom. The number of aromatic amines is 1. The number of carbonyl (C=O) groups is 1. The largest absolute Gasteiger partial charge is 0.474 e. The standard InChI is InChI=1S/C12H8N2O3/c15-12(16)11-14-10(6-17-11)8-5-13-9-4-2-1-3-7(8)9/h1-6,13H,(H,15,16). The van der Waals surface area contributed by atoms with E-state index < -0.39 is 5.97 Å². The van der Waals surface area contributed by atoms with Gasteiger partial charge in [0.1, 0.15) is 12.0 Å². The van der Waals surface area contributed by atoms with E-state index in [0.717, 1.165) is 16.5 Å². The predicted molar refractivity (Wildman–Crippen MR) is 60.8 cm³/mol. The molecule has 0 saturated heterocycles. The lowest BCUT2D eigenvalue weighted by Crippen LogP contribution is -1.95. The molecule has 0 aliphatic carbocycles. The quantitative estimate of drug-likeness (QED) is 0.706. The van der Waals surface area contributed by atoms with Crippen molar-refractivity contribution in [3.8, 4) is 11.3 Å². The molecular weight excluding hydrogens is 220 g/mol. The molecule has 3 aromatic rings. The van der Waals surface area contributed by atoms with Gasteiger partial charge < -0.3 is 14.5 Å². The Morgan fingerprint density at radius 3 is 2.94 bits per heavy atom. The maximum absolute atomic E-state index is 10.7. The first-order valence-corrected chi connectivity index (χ1v) is 5.01. The average molecular weight is 228 g/mol. The second kappa shape index (κ2) is 3.48. The third-order valence-electron chi connectivity index (χ3n) is 2.55. The summed E-state index contributed by atoms with van der Waals surface area (Å²) in [5, 5.41) is 9.73. The minimum Gasteiger partial charge on any atom is -0.474 e. The molecule has 0 amide bonds. The zero-order valence-electron chi connectivity index (χ0n) is 8.68. The maximum Gasteiger partial charge on any atom is 0.392 e. The second-order valence-corrected chi connectivity index (χ2v) is 3.59. The highest BCUT2D eigenvalue weighted by Gasteiger charge is 2.14. The number of hydrogen-bond donors (Lipinski definition) is 2. The predicted octanol–water partition coefficient (Wildman–Crippen LogP) is 2.52. The van der Waals surface area contributed by atoms with Gasteiger partial charge in [-0.05, 0) is 6.07 Å². The fourth-order valence-electron chi connectivity index (χ4n) is 1.78. The number of nitrogens with zero attached hydrogens (tertiary/aromatic N) is 1. The molecule has 0 aliphatic rings. The first-order valence-electron chi connectivity index (χ1n) is 5.01. The number of carboxylic acid groups (broad SMARTS) is 1. The number of H-pyrrole nitrogens is 1. The Hall–Kier alpha value is -2.56. The Bertz CT molecular complexity index is 696. The van der Waals surface area contributed by atoms with Crippen molar-refractivity contribution in [1.29, 1.82) is 0 Å². The number of carboxylic acids is 1. The summed E-state index contributed by atoms with van der Waals surface area (Å²) >= 11 is 0. The van der Waals surface area contributed by atoms with E-state index in [-0.39, 0.29) is 5.89 Å². The molecule has 0 bridgehead atoms. The zero-order chi connectivity index (χ0) is 11.8. The van der Waals surface area contributed by atoms with Crippen LogP contribution < -0.4 is 0 Å². The minimum atomic E-state index is -1.17. The SMILES string of the molecule is O=C(O)c1nc(-c2c[nH]c3ccccc23)co1. The van der Waals surface area contributed by atoms with Crippen LogP contribution in [-0.2, 0) is 0 Å². The minimum absolute atomic E-state index is 0.301. The van der Waals surface area contributed by atoms with Gasteiger partial charge in [-0.2, -0.15) is 0 Å². The van der Waals surface area contributed by atoms with Crippen LogP contribution in [0.4, 0.5) is 0 Å². The van der Waals surface area contributed by atoms with E-state index in [2.05, 4.69) is 9.97 Å². The summed E-state index contributed by atoms with van der Waals surface area (Å²) in [6, 6.07) is 7.72. The fraction of sp³-hybridized carbons (Fsp3) is 0. The highest BCUT2D eigenvalue weighted by molar-refractivity contribution is 5.94. The topological polar surface area (TPSA) is 79.1 Å². The van der Waals surface area contributed by atoms with Crippen LogP contribution >= 0.6 is 0 Å². The van der Waals surface area contributed by atoms with E-state index in [9.17, 15) is 4.79 Å². The molecule has 0 spiro atoms. The second-order valence-electron chi connectivity index (χ2n) is 3.59. The van der Waals surface area contributed by atoms with Gasteiger partial charge >= 0.3 is 11.9 Å². The number of rotatable bonds is 2. The molecule has 0 fully saturated rings. The molecule has 2 N–H and O–H groups in total. The van der Waals surface area contributed by atoms with Gasteiger partial charge in [0, 0.05) is 22.7 Å². The number of nitrogens with one attached hydrogen (secondary N) is 1. The van der Waals surface area contributed by atoms with Gasteiger partial charge in [-0.25, -0.2) is 9.78 Å². The molecule has 3 rings (SSSR count). The van der Waals surface area contributed by atoms with Crippen molar-refractivity contribution in [2.75, 3.05) is 0 Å². The third-order valence-corrected chi connectivity index (χ3v) is 2.55. The highest BCUT2D eigenvalue weighted by Crippen LogP contribution is 2.27. The number of oxazole rings is 1. The van der Waals surface area contributed by atoms with Gasteiger partial charge in [0.25, 0.3) is 0 Å². The Balaban J connectivity index is 2.17. The summed E-state index contributed by atoms with van der Waals surface area (Å²) in [6.07, 6.45) is 3.13. The summed E-state index contributed by atoms with van der Waals surface area (Å²) in [7, 11) is 0.